The molecule has 7 heteroatoms. The number of piperazine rings is 1. The van der Waals surface area contributed by atoms with Crippen LogP contribution in [0.3, 0.4) is 0 Å². The predicted octanol–water partition coefficient (Wildman–Crippen LogP) is 3.83. The zero-order chi connectivity index (χ0) is 20.9. The molecule has 1 aliphatic heterocycles. The summed E-state index contributed by atoms with van der Waals surface area (Å²) in [5.41, 5.74) is 2.82. The van der Waals surface area contributed by atoms with Crippen LogP contribution in [-0.2, 0) is 4.79 Å². The number of carbonyl (C=O) groups excluding carboxylic acids is 1. The third kappa shape index (κ3) is 4.71. The monoisotopic (exact) mass is 422 g/mol. The first-order valence-electron chi connectivity index (χ1n) is 9.91. The van der Waals surface area contributed by atoms with E-state index in [4.69, 9.17) is 16.3 Å². The molecule has 1 saturated heterocycles. The molecule has 3 aromatic rings. The van der Waals surface area contributed by atoms with Crippen molar-refractivity contribution >= 4 is 23.3 Å². The molecule has 0 aliphatic carbocycles. The topological polar surface area (TPSA) is 58.6 Å². The number of carbonyl (C=O) groups is 1. The van der Waals surface area contributed by atoms with Gasteiger partial charge in [0.1, 0.15) is 5.75 Å². The van der Waals surface area contributed by atoms with Crippen molar-refractivity contribution in [1.82, 2.24) is 15.1 Å². The Morgan fingerprint density at radius 3 is 2.43 bits per heavy atom. The maximum atomic E-state index is 12.5. The second-order valence-electron chi connectivity index (χ2n) is 7.21. The molecular weight excluding hydrogens is 400 g/mol. The van der Waals surface area contributed by atoms with Gasteiger partial charge in [-0.25, -0.2) is 0 Å². The molecule has 1 amide bonds. The first-order valence-corrected chi connectivity index (χ1v) is 10.3. The van der Waals surface area contributed by atoms with E-state index in [0.29, 0.717) is 37.0 Å². The number of hydrogen-bond donors (Lipinski definition) is 0. The highest BCUT2D eigenvalue weighted by Gasteiger charge is 2.22. The molecule has 0 radical (unpaired) electrons. The number of anilines is 1. The Morgan fingerprint density at radius 2 is 1.77 bits per heavy atom. The molecule has 0 atom stereocenters. The van der Waals surface area contributed by atoms with Crippen molar-refractivity contribution in [2.24, 2.45) is 0 Å². The molecule has 0 spiro atoms. The highest BCUT2D eigenvalue weighted by atomic mass is 35.5. The predicted molar refractivity (Wildman–Crippen MR) is 118 cm³/mol. The summed E-state index contributed by atoms with van der Waals surface area (Å²) in [6.45, 7) is 4.61. The molecule has 0 bridgehead atoms. The van der Waals surface area contributed by atoms with Gasteiger partial charge in [0.25, 0.3) is 5.91 Å². The molecule has 154 valence electrons. The van der Waals surface area contributed by atoms with E-state index in [1.165, 1.54) is 0 Å². The van der Waals surface area contributed by atoms with Crippen LogP contribution in [0.2, 0.25) is 5.02 Å². The zero-order valence-electron chi connectivity index (χ0n) is 16.8. The van der Waals surface area contributed by atoms with Gasteiger partial charge in [-0.05, 0) is 42.8 Å². The molecule has 1 aromatic heterocycles. The smallest absolute Gasteiger partial charge is 0.260 e. The standard InChI is InChI=1S/C23H23ClN4O2/c1-17-15-19(7-8-20(17)24)30-16-23(29)28-13-11-27(12-14-28)22-10-9-21(25-26-22)18-5-3-2-4-6-18/h2-10,15H,11-14,16H2,1H3. The van der Waals surface area contributed by atoms with Crippen molar-refractivity contribution in [1.29, 1.82) is 0 Å². The van der Waals surface area contributed by atoms with Crippen LogP contribution >= 0.6 is 11.6 Å². The maximum absolute atomic E-state index is 12.5. The van der Waals surface area contributed by atoms with Gasteiger partial charge in [0.05, 0.1) is 5.69 Å². The lowest BCUT2D eigenvalue weighted by Crippen LogP contribution is -2.50. The lowest BCUT2D eigenvalue weighted by Gasteiger charge is -2.35. The van der Waals surface area contributed by atoms with Crippen LogP contribution in [0.5, 0.6) is 5.75 Å². The summed E-state index contributed by atoms with van der Waals surface area (Å²) in [7, 11) is 0. The fourth-order valence-electron chi connectivity index (χ4n) is 3.39. The van der Waals surface area contributed by atoms with Gasteiger partial charge in [0, 0.05) is 36.8 Å². The van der Waals surface area contributed by atoms with Crippen molar-refractivity contribution in [3.05, 3.63) is 71.2 Å². The molecule has 6 nitrogen and oxygen atoms in total. The SMILES string of the molecule is Cc1cc(OCC(=O)N2CCN(c3ccc(-c4ccccc4)nn3)CC2)ccc1Cl. The lowest BCUT2D eigenvalue weighted by atomic mass is 10.1. The number of rotatable bonds is 5. The molecule has 0 unspecified atom stereocenters. The van der Waals surface area contributed by atoms with Crippen molar-refractivity contribution in [3.8, 4) is 17.0 Å². The Balaban J connectivity index is 1.29. The van der Waals surface area contributed by atoms with Gasteiger partial charge in [-0.1, -0.05) is 41.9 Å². The molecule has 1 fully saturated rings. The summed E-state index contributed by atoms with van der Waals surface area (Å²) >= 11 is 6.02. The van der Waals surface area contributed by atoms with Crippen LogP contribution in [0.1, 0.15) is 5.56 Å². The van der Waals surface area contributed by atoms with Crippen LogP contribution < -0.4 is 9.64 Å². The number of aryl methyl sites for hydroxylation is 1. The molecular formula is C23H23ClN4O2. The summed E-state index contributed by atoms with van der Waals surface area (Å²) in [6.07, 6.45) is 0. The van der Waals surface area contributed by atoms with Gasteiger partial charge in [0.2, 0.25) is 0 Å². The van der Waals surface area contributed by atoms with E-state index in [1.807, 2.05) is 60.4 Å². The number of amides is 1. The van der Waals surface area contributed by atoms with Crippen LogP contribution in [0.15, 0.2) is 60.7 Å². The summed E-state index contributed by atoms with van der Waals surface area (Å²) in [4.78, 5) is 16.5. The van der Waals surface area contributed by atoms with Gasteiger partial charge >= 0.3 is 0 Å². The number of nitrogens with zero attached hydrogens (tertiary/aromatic N) is 4. The summed E-state index contributed by atoms with van der Waals surface area (Å²) in [5.74, 6) is 1.46. The minimum absolute atomic E-state index is 0.0205. The normalized spacial score (nSPS) is 13.9. The fourth-order valence-corrected chi connectivity index (χ4v) is 3.50. The molecule has 0 N–H and O–H groups in total. The van der Waals surface area contributed by atoms with E-state index >= 15 is 0 Å². The number of ether oxygens (including phenoxy) is 1. The van der Waals surface area contributed by atoms with Crippen molar-refractivity contribution in [2.45, 2.75) is 6.92 Å². The Kier molecular flexibility index (Phi) is 6.14. The first-order chi connectivity index (χ1) is 14.6. The van der Waals surface area contributed by atoms with E-state index in [2.05, 4.69) is 15.1 Å². The largest absolute Gasteiger partial charge is 0.484 e. The van der Waals surface area contributed by atoms with E-state index in [0.717, 1.165) is 22.6 Å². The van der Waals surface area contributed by atoms with Crippen molar-refractivity contribution < 1.29 is 9.53 Å². The van der Waals surface area contributed by atoms with E-state index in [-0.39, 0.29) is 12.5 Å². The third-order valence-corrected chi connectivity index (χ3v) is 5.59. The summed E-state index contributed by atoms with van der Waals surface area (Å²) in [5, 5.41) is 9.41. The quantitative estimate of drug-likeness (QED) is 0.625. The van der Waals surface area contributed by atoms with Crippen molar-refractivity contribution in [2.75, 3.05) is 37.7 Å². The summed E-state index contributed by atoms with van der Waals surface area (Å²) < 4.78 is 5.64. The van der Waals surface area contributed by atoms with Crippen molar-refractivity contribution in [3.63, 3.8) is 0 Å². The van der Waals surface area contributed by atoms with Crippen LogP contribution in [-0.4, -0.2) is 53.8 Å². The number of aromatic nitrogens is 2. The third-order valence-electron chi connectivity index (χ3n) is 5.17. The number of halogens is 1. The average molecular weight is 423 g/mol. The van der Waals surface area contributed by atoms with E-state index in [1.54, 1.807) is 12.1 Å². The molecule has 2 heterocycles. The van der Waals surface area contributed by atoms with Gasteiger partial charge < -0.3 is 14.5 Å². The Morgan fingerprint density at radius 1 is 1.00 bits per heavy atom. The van der Waals surface area contributed by atoms with E-state index < -0.39 is 0 Å². The summed E-state index contributed by atoms with van der Waals surface area (Å²) in [6, 6.07) is 19.3. The second-order valence-corrected chi connectivity index (χ2v) is 7.62. The molecule has 30 heavy (non-hydrogen) atoms. The van der Waals surface area contributed by atoms with Crippen LogP contribution in [0.4, 0.5) is 5.82 Å². The first kappa shape index (κ1) is 20.2. The van der Waals surface area contributed by atoms with Gasteiger partial charge in [0.15, 0.2) is 12.4 Å². The van der Waals surface area contributed by atoms with Crippen LogP contribution in [0.25, 0.3) is 11.3 Å². The Labute approximate surface area is 181 Å². The lowest BCUT2D eigenvalue weighted by molar-refractivity contribution is -0.133. The van der Waals surface area contributed by atoms with Gasteiger partial charge in [-0.15, -0.1) is 10.2 Å². The second kappa shape index (κ2) is 9.13. The Hall–Kier alpha value is -3.12. The molecule has 4 rings (SSSR count). The average Bonchev–Trinajstić information content (AvgIpc) is 2.80. The minimum Gasteiger partial charge on any atom is -0.484 e. The fraction of sp³-hybridized carbons (Fsp3) is 0.261. The van der Waals surface area contributed by atoms with Gasteiger partial charge in [-0.2, -0.15) is 0 Å². The highest BCUT2D eigenvalue weighted by molar-refractivity contribution is 6.31. The molecule has 0 saturated carbocycles. The van der Waals surface area contributed by atoms with Gasteiger partial charge in [-0.3, -0.25) is 4.79 Å². The molecule has 2 aromatic carbocycles. The minimum atomic E-state index is -0.0206. The zero-order valence-corrected chi connectivity index (χ0v) is 17.5. The molecule has 1 aliphatic rings. The van der Waals surface area contributed by atoms with Crippen LogP contribution in [0, 0.1) is 6.92 Å². The highest BCUT2D eigenvalue weighted by Crippen LogP contribution is 2.22. The Bertz CT molecular complexity index is 1000. The number of hydrogen-bond acceptors (Lipinski definition) is 5. The van der Waals surface area contributed by atoms with E-state index in [9.17, 15) is 4.79 Å². The maximum Gasteiger partial charge on any atom is 0.260 e. The number of benzene rings is 2.